The minimum atomic E-state index is -0.749. The molecule has 4 nitrogen and oxygen atoms in total. The first-order valence-corrected chi connectivity index (χ1v) is 7.41. The van der Waals surface area contributed by atoms with Crippen LogP contribution in [0, 0.1) is 0 Å². The van der Waals surface area contributed by atoms with E-state index in [0.717, 1.165) is 10.0 Å². The highest BCUT2D eigenvalue weighted by molar-refractivity contribution is 9.10. The molecule has 0 fully saturated rings. The Balaban J connectivity index is 2.16. The normalized spacial score (nSPS) is 22.4. The van der Waals surface area contributed by atoms with E-state index >= 15 is 0 Å². The van der Waals surface area contributed by atoms with E-state index in [1.165, 1.54) is 0 Å². The first-order valence-electron chi connectivity index (χ1n) is 6.62. The number of halogens is 1. The molecule has 0 radical (unpaired) electrons. The lowest BCUT2D eigenvalue weighted by atomic mass is 9.93. The number of carbonyl (C=O) groups excluding carboxylic acids is 1. The molecule has 2 rings (SSSR count). The number of rotatable bonds is 2. The van der Waals surface area contributed by atoms with Crippen LogP contribution >= 0.6 is 15.9 Å². The molecule has 20 heavy (non-hydrogen) atoms. The Morgan fingerprint density at radius 2 is 1.90 bits per heavy atom. The van der Waals surface area contributed by atoms with Crippen molar-refractivity contribution in [3.8, 4) is 0 Å². The molecule has 1 aromatic carbocycles. The number of amides is 1. The van der Waals surface area contributed by atoms with Crippen LogP contribution in [-0.4, -0.2) is 22.9 Å². The van der Waals surface area contributed by atoms with Gasteiger partial charge in [-0.25, -0.2) is 4.99 Å². The number of hydrogen-bond donors (Lipinski definition) is 2. The van der Waals surface area contributed by atoms with Crippen molar-refractivity contribution in [1.82, 2.24) is 10.6 Å². The van der Waals surface area contributed by atoms with Gasteiger partial charge in [0.1, 0.15) is 5.54 Å². The summed E-state index contributed by atoms with van der Waals surface area (Å²) in [6, 6.07) is 7.97. The van der Waals surface area contributed by atoms with Gasteiger partial charge < -0.3 is 5.32 Å². The molecule has 1 unspecified atom stereocenters. The summed E-state index contributed by atoms with van der Waals surface area (Å²) in [5.41, 5.74) is 0.211. The number of nitrogens with zero attached hydrogens (tertiary/aromatic N) is 1. The monoisotopic (exact) mass is 337 g/mol. The van der Waals surface area contributed by atoms with E-state index in [0.29, 0.717) is 12.4 Å². The molecule has 108 valence electrons. The molecule has 2 N–H and O–H groups in total. The summed E-state index contributed by atoms with van der Waals surface area (Å²) in [6.45, 7) is 7.96. The molecule has 1 amide bonds. The smallest absolute Gasteiger partial charge is 0.254 e. The molecule has 0 spiro atoms. The molecule has 0 aromatic heterocycles. The van der Waals surface area contributed by atoms with Crippen LogP contribution in [0.2, 0.25) is 0 Å². The van der Waals surface area contributed by atoms with Crippen molar-refractivity contribution in [2.45, 2.75) is 45.2 Å². The van der Waals surface area contributed by atoms with Crippen molar-refractivity contribution in [1.29, 1.82) is 0 Å². The zero-order chi connectivity index (χ0) is 15.0. The summed E-state index contributed by atoms with van der Waals surface area (Å²) in [7, 11) is 0. The molecule has 1 aliphatic heterocycles. The van der Waals surface area contributed by atoms with Crippen molar-refractivity contribution >= 4 is 27.8 Å². The molecule has 0 saturated carbocycles. The molecule has 0 bridgehead atoms. The number of hydrogen-bond acceptors (Lipinski definition) is 3. The van der Waals surface area contributed by atoms with Gasteiger partial charge in [-0.15, -0.1) is 0 Å². The van der Waals surface area contributed by atoms with E-state index in [-0.39, 0.29) is 11.4 Å². The number of guanidine groups is 1. The molecule has 1 aliphatic rings. The number of carbonyl (C=O) groups is 1. The maximum atomic E-state index is 12.2. The Morgan fingerprint density at radius 3 is 2.45 bits per heavy atom. The third-order valence-electron chi connectivity index (χ3n) is 3.03. The standard InChI is InChI=1S/C15H20BrN3O/c1-14(2,3)18-13-17-12(20)15(4,19-13)9-10-5-7-11(16)8-6-10/h5-8H,9H2,1-4H3,(H2,17,18,19,20). The van der Waals surface area contributed by atoms with Gasteiger partial charge in [0, 0.05) is 16.4 Å². The van der Waals surface area contributed by atoms with Crippen LogP contribution < -0.4 is 10.6 Å². The number of benzene rings is 1. The van der Waals surface area contributed by atoms with Gasteiger partial charge in [-0.3, -0.25) is 10.1 Å². The SMILES string of the molecule is CC(C)(C)NC1=NC(C)(Cc2ccc(Br)cc2)C(=O)N1. The van der Waals surface area contributed by atoms with Gasteiger partial charge in [-0.2, -0.15) is 0 Å². The topological polar surface area (TPSA) is 53.5 Å². The predicted octanol–water partition coefficient (Wildman–Crippen LogP) is 2.62. The van der Waals surface area contributed by atoms with E-state index in [1.54, 1.807) is 0 Å². The van der Waals surface area contributed by atoms with Crippen LogP contribution in [0.25, 0.3) is 0 Å². The molecule has 0 aliphatic carbocycles. The summed E-state index contributed by atoms with van der Waals surface area (Å²) in [4.78, 5) is 16.7. The minimum Gasteiger partial charge on any atom is -0.351 e. The highest BCUT2D eigenvalue weighted by atomic mass is 79.9. The average Bonchev–Trinajstić information content (AvgIpc) is 2.55. The highest BCUT2D eigenvalue weighted by Gasteiger charge is 2.39. The molecule has 1 atom stereocenters. The summed E-state index contributed by atoms with van der Waals surface area (Å²) in [5, 5.41) is 6.03. The average molecular weight is 338 g/mol. The van der Waals surface area contributed by atoms with Crippen molar-refractivity contribution in [2.24, 2.45) is 4.99 Å². The molecule has 1 aromatic rings. The van der Waals surface area contributed by atoms with E-state index in [2.05, 4.69) is 31.6 Å². The zero-order valence-electron chi connectivity index (χ0n) is 12.2. The largest absolute Gasteiger partial charge is 0.351 e. The van der Waals surface area contributed by atoms with E-state index in [9.17, 15) is 4.79 Å². The van der Waals surface area contributed by atoms with Crippen LogP contribution in [0.4, 0.5) is 0 Å². The van der Waals surface area contributed by atoms with E-state index in [1.807, 2.05) is 52.0 Å². The molecular formula is C15H20BrN3O. The fraction of sp³-hybridized carbons (Fsp3) is 0.467. The van der Waals surface area contributed by atoms with Crippen LogP contribution in [0.5, 0.6) is 0 Å². The van der Waals surface area contributed by atoms with E-state index in [4.69, 9.17) is 0 Å². The van der Waals surface area contributed by atoms with Gasteiger partial charge in [0.05, 0.1) is 0 Å². The molecule has 5 heteroatoms. The first kappa shape index (κ1) is 15.0. The minimum absolute atomic E-state index is 0.0628. The summed E-state index contributed by atoms with van der Waals surface area (Å²) in [5.74, 6) is 0.495. The Labute approximate surface area is 128 Å². The summed E-state index contributed by atoms with van der Waals surface area (Å²) in [6.07, 6.45) is 0.585. The molecule has 0 saturated heterocycles. The van der Waals surface area contributed by atoms with Crippen molar-refractivity contribution in [3.63, 3.8) is 0 Å². The van der Waals surface area contributed by atoms with Gasteiger partial charge in [0.2, 0.25) is 0 Å². The zero-order valence-corrected chi connectivity index (χ0v) is 13.8. The van der Waals surface area contributed by atoms with E-state index < -0.39 is 5.54 Å². The van der Waals surface area contributed by atoms with Gasteiger partial charge in [0.15, 0.2) is 5.96 Å². The fourth-order valence-corrected chi connectivity index (χ4v) is 2.37. The van der Waals surface area contributed by atoms with Crippen molar-refractivity contribution < 1.29 is 4.79 Å². The van der Waals surface area contributed by atoms with Crippen LogP contribution in [0.1, 0.15) is 33.3 Å². The van der Waals surface area contributed by atoms with Crippen molar-refractivity contribution in [2.75, 3.05) is 0 Å². The Kier molecular flexibility index (Phi) is 3.91. The second-order valence-corrected chi connectivity index (χ2v) is 7.28. The Hall–Kier alpha value is -1.36. The summed E-state index contributed by atoms with van der Waals surface area (Å²) >= 11 is 3.41. The Bertz CT molecular complexity index is 545. The predicted molar refractivity (Wildman–Crippen MR) is 84.7 cm³/mol. The lowest BCUT2D eigenvalue weighted by Gasteiger charge is -2.21. The highest BCUT2D eigenvalue weighted by Crippen LogP contribution is 2.23. The Morgan fingerprint density at radius 1 is 1.30 bits per heavy atom. The lowest BCUT2D eigenvalue weighted by molar-refractivity contribution is -0.123. The maximum Gasteiger partial charge on any atom is 0.254 e. The van der Waals surface area contributed by atoms with Gasteiger partial charge in [-0.05, 0) is 45.4 Å². The maximum absolute atomic E-state index is 12.2. The van der Waals surface area contributed by atoms with Crippen molar-refractivity contribution in [3.05, 3.63) is 34.3 Å². The van der Waals surface area contributed by atoms with Gasteiger partial charge in [-0.1, -0.05) is 28.1 Å². The fourth-order valence-electron chi connectivity index (χ4n) is 2.10. The number of nitrogens with one attached hydrogen (secondary N) is 2. The van der Waals surface area contributed by atoms with Gasteiger partial charge in [0.25, 0.3) is 5.91 Å². The lowest BCUT2D eigenvalue weighted by Crippen LogP contribution is -2.47. The third-order valence-corrected chi connectivity index (χ3v) is 3.56. The first-order chi connectivity index (χ1) is 9.18. The van der Waals surface area contributed by atoms with Crippen LogP contribution in [-0.2, 0) is 11.2 Å². The second kappa shape index (κ2) is 5.20. The number of aliphatic imine (C=N–C) groups is 1. The van der Waals surface area contributed by atoms with Crippen LogP contribution in [0.15, 0.2) is 33.7 Å². The third kappa shape index (κ3) is 3.60. The molecule has 1 heterocycles. The second-order valence-electron chi connectivity index (χ2n) is 6.37. The van der Waals surface area contributed by atoms with Crippen LogP contribution in [0.3, 0.4) is 0 Å². The summed E-state index contributed by atoms with van der Waals surface area (Å²) < 4.78 is 1.03. The van der Waals surface area contributed by atoms with Gasteiger partial charge >= 0.3 is 0 Å². The molecular weight excluding hydrogens is 318 g/mol. The quantitative estimate of drug-likeness (QED) is 0.871.